The van der Waals surface area contributed by atoms with Crippen LogP contribution in [0.5, 0.6) is 0 Å². The van der Waals surface area contributed by atoms with Gasteiger partial charge in [-0.15, -0.1) is 34.9 Å². The van der Waals surface area contributed by atoms with Gasteiger partial charge in [0, 0.05) is 48.3 Å². The number of aromatic nitrogens is 2. The topological polar surface area (TPSA) is 63.1 Å². The minimum Gasteiger partial charge on any atom is -0.512 e. The Kier molecular flexibility index (Phi) is 13.0. The van der Waals surface area contributed by atoms with Crippen LogP contribution in [0.2, 0.25) is 0 Å². The van der Waals surface area contributed by atoms with Crippen molar-refractivity contribution in [2.75, 3.05) is 0 Å². The van der Waals surface area contributed by atoms with Crippen LogP contribution in [-0.4, -0.2) is 20.9 Å². The molecule has 0 atom stereocenters. The number of aliphatic hydroxyl groups excluding tert-OH is 1. The summed E-state index contributed by atoms with van der Waals surface area (Å²) >= 11 is 0. The molecule has 4 aromatic rings. The van der Waals surface area contributed by atoms with Gasteiger partial charge in [0.05, 0.1) is 5.52 Å². The van der Waals surface area contributed by atoms with Gasteiger partial charge in [-0.05, 0) is 78.6 Å². The second-order valence-electron chi connectivity index (χ2n) is 15.5. The average molecular weight is 826 g/mol. The number of aliphatic hydroxyl groups is 1. The molecule has 5 rings (SSSR count). The first-order valence-corrected chi connectivity index (χ1v) is 17.7. The summed E-state index contributed by atoms with van der Waals surface area (Å²) in [5.41, 5.74) is 9.29. The van der Waals surface area contributed by atoms with Crippen molar-refractivity contribution in [1.82, 2.24) is 9.97 Å². The van der Waals surface area contributed by atoms with E-state index in [9.17, 15) is 9.90 Å². The molecule has 1 saturated carbocycles. The summed E-state index contributed by atoms with van der Waals surface area (Å²) in [5, 5.41) is 13.6. The van der Waals surface area contributed by atoms with Crippen LogP contribution in [0, 0.1) is 44.6 Å². The molecule has 0 unspecified atom stereocenters. The van der Waals surface area contributed by atoms with Gasteiger partial charge >= 0.3 is 0 Å². The SMILES string of the molecule is CCC(C)(C)C(=O)/C=C(\O)C(C)(C)CC.Cc1[c-]c(-c2nc(C(C)C)nc3c2ccc2cc(C)c(C4CCCC4)c(C)c23)cc(C)c1.[Ir]. The van der Waals surface area contributed by atoms with E-state index in [0.29, 0.717) is 5.92 Å². The van der Waals surface area contributed by atoms with Gasteiger partial charge in [0.2, 0.25) is 0 Å². The quantitative estimate of drug-likeness (QED) is 0.0832. The molecule has 1 heterocycles. The third kappa shape index (κ3) is 8.45. The average Bonchev–Trinajstić information content (AvgIpc) is 3.54. The van der Waals surface area contributed by atoms with Crippen LogP contribution in [0.15, 0.2) is 42.2 Å². The predicted octanol–water partition coefficient (Wildman–Crippen LogP) is 12.1. The minimum atomic E-state index is -0.377. The van der Waals surface area contributed by atoms with Crippen molar-refractivity contribution in [2.45, 2.75) is 133 Å². The largest absolute Gasteiger partial charge is 0.512 e. The normalized spacial score (nSPS) is 14.3. The van der Waals surface area contributed by atoms with E-state index < -0.39 is 0 Å². The third-order valence-electron chi connectivity index (χ3n) is 10.6. The van der Waals surface area contributed by atoms with Crippen LogP contribution in [0.1, 0.15) is 139 Å². The molecule has 1 radical (unpaired) electrons. The van der Waals surface area contributed by atoms with E-state index in [1.165, 1.54) is 59.2 Å². The number of carbonyl (C=O) groups excluding carboxylic acids is 1. The first-order valence-electron chi connectivity index (χ1n) is 17.7. The smallest absolute Gasteiger partial charge is 0.164 e. The first-order chi connectivity index (χ1) is 22.0. The monoisotopic (exact) mass is 826 g/mol. The van der Waals surface area contributed by atoms with Crippen molar-refractivity contribution in [3.63, 3.8) is 0 Å². The molecule has 1 aliphatic rings. The van der Waals surface area contributed by atoms with Crippen LogP contribution in [0.3, 0.4) is 0 Å². The maximum atomic E-state index is 11.8. The van der Waals surface area contributed by atoms with E-state index in [1.807, 2.05) is 41.5 Å². The summed E-state index contributed by atoms with van der Waals surface area (Å²) in [6.45, 7) is 24.9. The number of benzene rings is 3. The zero-order valence-corrected chi connectivity index (χ0v) is 33.8. The van der Waals surface area contributed by atoms with Gasteiger partial charge in [-0.3, -0.25) is 9.78 Å². The molecule has 4 nitrogen and oxygen atoms in total. The Morgan fingerprint density at radius 2 is 1.58 bits per heavy atom. The summed E-state index contributed by atoms with van der Waals surface area (Å²) in [7, 11) is 0. The van der Waals surface area contributed by atoms with Gasteiger partial charge in [0.1, 0.15) is 11.6 Å². The molecule has 1 fully saturated rings. The van der Waals surface area contributed by atoms with Crippen molar-refractivity contribution in [2.24, 2.45) is 10.8 Å². The zero-order valence-electron chi connectivity index (χ0n) is 31.4. The van der Waals surface area contributed by atoms with Crippen molar-refractivity contribution in [3.8, 4) is 11.3 Å². The van der Waals surface area contributed by atoms with Crippen LogP contribution in [0.25, 0.3) is 32.9 Å². The molecule has 1 N–H and O–H groups in total. The van der Waals surface area contributed by atoms with E-state index in [-0.39, 0.29) is 48.4 Å². The van der Waals surface area contributed by atoms with Crippen LogP contribution < -0.4 is 0 Å². The van der Waals surface area contributed by atoms with Crippen molar-refractivity contribution in [1.29, 1.82) is 0 Å². The Morgan fingerprint density at radius 3 is 2.15 bits per heavy atom. The number of ketones is 1. The maximum absolute atomic E-state index is 11.8. The summed E-state index contributed by atoms with van der Waals surface area (Å²) < 4.78 is 0. The Balaban J connectivity index is 0.000000334. The number of allylic oxidation sites excluding steroid dienone is 2. The van der Waals surface area contributed by atoms with E-state index in [1.54, 1.807) is 5.56 Å². The molecule has 0 aliphatic heterocycles. The number of fused-ring (bicyclic) bond motifs is 3. The molecule has 1 aliphatic carbocycles. The minimum absolute atomic E-state index is 0. The number of hydrogen-bond acceptors (Lipinski definition) is 4. The van der Waals surface area contributed by atoms with E-state index >= 15 is 0 Å². The van der Waals surface area contributed by atoms with Gasteiger partial charge in [-0.25, -0.2) is 4.98 Å². The van der Waals surface area contributed by atoms with Crippen LogP contribution in [-0.2, 0) is 24.9 Å². The summed E-state index contributed by atoms with van der Waals surface area (Å²) in [4.78, 5) is 22.1. The van der Waals surface area contributed by atoms with Gasteiger partial charge in [0.15, 0.2) is 5.78 Å². The van der Waals surface area contributed by atoms with Crippen molar-refractivity contribution in [3.05, 3.63) is 81.9 Å². The second-order valence-corrected chi connectivity index (χ2v) is 15.5. The summed E-state index contributed by atoms with van der Waals surface area (Å²) in [5.74, 6) is 2.06. The Morgan fingerprint density at radius 1 is 0.958 bits per heavy atom. The van der Waals surface area contributed by atoms with Crippen LogP contribution in [0.4, 0.5) is 0 Å². The molecule has 3 aromatic carbocycles. The van der Waals surface area contributed by atoms with Crippen LogP contribution >= 0.6 is 0 Å². The first kappa shape index (κ1) is 39.6. The molecule has 1 aromatic heterocycles. The number of rotatable bonds is 8. The van der Waals surface area contributed by atoms with Gasteiger partial charge in [-0.2, -0.15) is 0 Å². The van der Waals surface area contributed by atoms with Crippen molar-refractivity contribution >= 4 is 27.5 Å². The molecule has 48 heavy (non-hydrogen) atoms. The number of carbonyl (C=O) groups is 1. The number of nitrogens with zero attached hydrogens (tertiary/aromatic N) is 2. The molecule has 0 amide bonds. The maximum Gasteiger partial charge on any atom is 0.164 e. The zero-order chi connectivity index (χ0) is 34.8. The Hall–Kier alpha value is -2.88. The van der Waals surface area contributed by atoms with Gasteiger partial charge in [0.25, 0.3) is 0 Å². The third-order valence-corrected chi connectivity index (χ3v) is 10.6. The fraction of sp³-hybridized carbons (Fsp3) is 0.512. The van der Waals surface area contributed by atoms with E-state index in [2.05, 4.69) is 77.9 Å². The van der Waals surface area contributed by atoms with E-state index in [4.69, 9.17) is 9.97 Å². The fourth-order valence-electron chi connectivity index (χ4n) is 6.68. The Labute approximate surface area is 303 Å². The number of hydrogen-bond donors (Lipinski definition) is 1. The molecule has 5 heteroatoms. The fourth-order valence-corrected chi connectivity index (χ4v) is 6.68. The summed E-state index contributed by atoms with van der Waals surface area (Å²) in [6.07, 6.45) is 8.32. The molecule has 0 saturated heterocycles. The second kappa shape index (κ2) is 15.8. The molecular formula is C43H57IrN2O2-. The molecule has 0 bridgehead atoms. The summed E-state index contributed by atoms with van der Waals surface area (Å²) in [6, 6.07) is 14.8. The standard InChI is InChI=1S/C30H33N2.C13H24O2.Ir/c1-17(2)30-31-28(24-14-18(3)13-19(4)15-24)25-12-11-23-16-20(5)26(22-9-7-8-10-22)21(6)27(23)29(25)32-30;1-7-12(3,4)10(14)9-11(15)13(5,6)8-2;/h11-14,16-17,22H,7-10H2,1-6H3;9,14H,7-8H2,1-6H3;/q-1;;/b;10-9-;. The number of aryl methyl sites for hydroxylation is 4. The molecular weight excluding hydrogens is 769 g/mol. The molecule has 0 spiro atoms. The van der Waals surface area contributed by atoms with Crippen molar-refractivity contribution < 1.29 is 30.0 Å². The predicted molar refractivity (Wildman–Crippen MR) is 199 cm³/mol. The molecule has 261 valence electrons. The van der Waals surface area contributed by atoms with E-state index in [0.717, 1.165) is 46.4 Å². The Bertz CT molecular complexity index is 1790. The van der Waals surface area contributed by atoms with Gasteiger partial charge < -0.3 is 5.11 Å². The van der Waals surface area contributed by atoms with Gasteiger partial charge in [-0.1, -0.05) is 100 Å².